The molecule has 2 aromatic carbocycles. The van der Waals surface area contributed by atoms with Gasteiger partial charge in [-0.25, -0.2) is 8.42 Å². The third-order valence-electron chi connectivity index (χ3n) is 4.73. The van der Waals surface area contributed by atoms with Crippen LogP contribution in [0.15, 0.2) is 48.5 Å². The highest BCUT2D eigenvalue weighted by atomic mass is 32.2. The first-order valence-electron chi connectivity index (χ1n) is 8.97. The van der Waals surface area contributed by atoms with E-state index in [1.54, 1.807) is 19.2 Å². The van der Waals surface area contributed by atoms with Crippen LogP contribution in [-0.4, -0.2) is 57.6 Å². The summed E-state index contributed by atoms with van der Waals surface area (Å²) >= 11 is 0. The molecule has 1 amide bonds. The highest BCUT2D eigenvalue weighted by Gasteiger charge is 2.36. The van der Waals surface area contributed by atoms with Crippen molar-refractivity contribution in [3.8, 4) is 5.75 Å². The van der Waals surface area contributed by atoms with Gasteiger partial charge in [-0.05, 0) is 48.9 Å². The molecule has 150 valence electrons. The smallest absolute Gasteiger partial charge is 0.238 e. The number of hydrogen-bond acceptors (Lipinski definition) is 5. The molecule has 0 aliphatic carbocycles. The summed E-state index contributed by atoms with van der Waals surface area (Å²) < 4.78 is 30.4. The molecule has 0 aromatic heterocycles. The van der Waals surface area contributed by atoms with Crippen LogP contribution in [0.2, 0.25) is 0 Å². The second-order valence-corrected chi connectivity index (χ2v) is 8.72. The van der Waals surface area contributed by atoms with Crippen molar-refractivity contribution in [3.05, 3.63) is 59.7 Å². The van der Waals surface area contributed by atoms with Gasteiger partial charge in [-0.1, -0.05) is 24.3 Å². The summed E-state index contributed by atoms with van der Waals surface area (Å²) in [5, 5.41) is 0. The Labute approximate surface area is 166 Å². The maximum atomic E-state index is 12.5. The van der Waals surface area contributed by atoms with Crippen molar-refractivity contribution in [2.45, 2.75) is 12.6 Å². The minimum Gasteiger partial charge on any atom is -0.497 e. The molecule has 7 nitrogen and oxygen atoms in total. The number of hydrogen-bond donors (Lipinski definition) is 1. The minimum atomic E-state index is -3.32. The zero-order valence-electron chi connectivity index (χ0n) is 16.3. The SMILES string of the molecule is COc1ccc(CCN2C(=O)CN(C)C2c2ccc(NS(C)(=O)=O)cc2)cc1. The number of likely N-dealkylation sites (N-methyl/N-ethyl adjacent to an activating group) is 1. The predicted octanol–water partition coefficient (Wildman–Crippen LogP) is 2.08. The van der Waals surface area contributed by atoms with Gasteiger partial charge in [0.1, 0.15) is 11.9 Å². The van der Waals surface area contributed by atoms with Gasteiger partial charge >= 0.3 is 0 Å². The van der Waals surface area contributed by atoms with Crippen molar-refractivity contribution in [2.24, 2.45) is 0 Å². The first-order chi connectivity index (χ1) is 13.3. The van der Waals surface area contributed by atoms with E-state index in [-0.39, 0.29) is 12.1 Å². The number of benzene rings is 2. The van der Waals surface area contributed by atoms with Crippen LogP contribution in [0.3, 0.4) is 0 Å². The number of methoxy groups -OCH3 is 1. The third kappa shape index (κ3) is 4.82. The summed E-state index contributed by atoms with van der Waals surface area (Å²) in [6.07, 6.45) is 1.69. The second-order valence-electron chi connectivity index (χ2n) is 6.97. The molecule has 1 fully saturated rings. The molecular weight excluding hydrogens is 378 g/mol. The summed E-state index contributed by atoms with van der Waals surface area (Å²) in [4.78, 5) is 16.4. The van der Waals surface area contributed by atoms with Crippen LogP contribution in [0, 0.1) is 0 Å². The molecule has 1 N–H and O–H groups in total. The van der Waals surface area contributed by atoms with Crippen molar-refractivity contribution in [3.63, 3.8) is 0 Å². The summed E-state index contributed by atoms with van der Waals surface area (Å²) in [6, 6.07) is 15.0. The molecule has 1 aliphatic heterocycles. The van der Waals surface area contributed by atoms with Crippen molar-refractivity contribution in [2.75, 3.05) is 38.2 Å². The standard InChI is InChI=1S/C20H25N3O4S/c1-22-14-19(24)23(13-12-15-4-10-18(27-2)11-5-15)20(22)16-6-8-17(9-7-16)21-28(3,25)26/h4-11,20-21H,12-14H2,1-3H3. The number of sulfonamides is 1. The van der Waals surface area contributed by atoms with Crippen LogP contribution < -0.4 is 9.46 Å². The first-order valence-corrected chi connectivity index (χ1v) is 10.9. The lowest BCUT2D eigenvalue weighted by molar-refractivity contribution is -0.128. The Hall–Kier alpha value is -2.58. The summed E-state index contributed by atoms with van der Waals surface area (Å²) in [6.45, 7) is 0.958. The number of amides is 1. The van der Waals surface area contributed by atoms with Crippen molar-refractivity contribution in [1.82, 2.24) is 9.80 Å². The van der Waals surface area contributed by atoms with Crippen LogP contribution in [0.4, 0.5) is 5.69 Å². The zero-order chi connectivity index (χ0) is 20.3. The van der Waals surface area contributed by atoms with Crippen molar-refractivity contribution < 1.29 is 17.9 Å². The monoisotopic (exact) mass is 403 g/mol. The number of ether oxygens (including phenoxy) is 1. The summed E-state index contributed by atoms with van der Waals surface area (Å²) in [7, 11) is 0.232. The number of carbonyl (C=O) groups is 1. The lowest BCUT2D eigenvalue weighted by atomic mass is 10.1. The molecule has 1 atom stereocenters. The first kappa shape index (κ1) is 20.2. The Morgan fingerprint density at radius 2 is 1.75 bits per heavy atom. The molecule has 0 radical (unpaired) electrons. The average molecular weight is 404 g/mol. The number of carbonyl (C=O) groups excluding carboxylic acids is 1. The fourth-order valence-corrected chi connectivity index (χ4v) is 3.99. The van der Waals surface area contributed by atoms with Crippen LogP contribution in [-0.2, 0) is 21.2 Å². The molecule has 2 aromatic rings. The summed E-state index contributed by atoms with van der Waals surface area (Å²) in [5.41, 5.74) is 2.58. The minimum absolute atomic E-state index is 0.0827. The van der Waals surface area contributed by atoms with E-state index in [0.717, 1.165) is 29.6 Å². The van der Waals surface area contributed by atoms with E-state index in [9.17, 15) is 13.2 Å². The molecule has 1 saturated heterocycles. The molecule has 0 spiro atoms. The van der Waals surface area contributed by atoms with Gasteiger partial charge in [-0.3, -0.25) is 14.4 Å². The van der Waals surface area contributed by atoms with E-state index in [0.29, 0.717) is 18.8 Å². The molecule has 1 unspecified atom stereocenters. The highest BCUT2D eigenvalue weighted by Crippen LogP contribution is 2.30. The van der Waals surface area contributed by atoms with Crippen LogP contribution in [0.1, 0.15) is 17.3 Å². The highest BCUT2D eigenvalue weighted by molar-refractivity contribution is 7.92. The number of nitrogens with one attached hydrogen (secondary N) is 1. The van der Waals surface area contributed by atoms with Gasteiger partial charge in [0.25, 0.3) is 0 Å². The maximum Gasteiger partial charge on any atom is 0.238 e. The maximum absolute atomic E-state index is 12.5. The summed E-state index contributed by atoms with van der Waals surface area (Å²) in [5.74, 6) is 0.890. The Morgan fingerprint density at radius 1 is 1.11 bits per heavy atom. The average Bonchev–Trinajstić information content (AvgIpc) is 2.93. The van der Waals surface area contributed by atoms with Crippen molar-refractivity contribution in [1.29, 1.82) is 0 Å². The molecule has 3 rings (SSSR count). The van der Waals surface area contributed by atoms with Gasteiger partial charge in [-0.2, -0.15) is 0 Å². The molecular formula is C20H25N3O4S. The molecule has 28 heavy (non-hydrogen) atoms. The normalized spacial score (nSPS) is 17.8. The second kappa shape index (κ2) is 8.20. The van der Waals surface area contributed by atoms with E-state index in [1.807, 2.05) is 53.2 Å². The molecule has 8 heteroatoms. The Balaban J connectivity index is 1.73. The lowest BCUT2D eigenvalue weighted by Crippen LogP contribution is -2.32. The molecule has 1 aliphatic rings. The zero-order valence-corrected chi connectivity index (χ0v) is 17.1. The van der Waals surface area contributed by atoms with E-state index < -0.39 is 10.0 Å². The molecule has 0 bridgehead atoms. The van der Waals surface area contributed by atoms with Crippen LogP contribution in [0.5, 0.6) is 5.75 Å². The van der Waals surface area contributed by atoms with E-state index in [1.165, 1.54) is 0 Å². The lowest BCUT2D eigenvalue weighted by Gasteiger charge is -2.28. The Bertz CT molecular complexity index is 927. The van der Waals surface area contributed by atoms with Crippen molar-refractivity contribution >= 4 is 21.6 Å². The third-order valence-corrected chi connectivity index (χ3v) is 5.34. The van der Waals surface area contributed by atoms with Crippen LogP contribution >= 0.6 is 0 Å². The fraction of sp³-hybridized carbons (Fsp3) is 0.350. The van der Waals surface area contributed by atoms with Gasteiger partial charge in [-0.15, -0.1) is 0 Å². The van der Waals surface area contributed by atoms with E-state index in [2.05, 4.69) is 4.72 Å². The predicted molar refractivity (Wildman–Crippen MR) is 109 cm³/mol. The van der Waals surface area contributed by atoms with E-state index in [4.69, 9.17) is 4.74 Å². The number of nitrogens with zero attached hydrogens (tertiary/aromatic N) is 2. The van der Waals surface area contributed by atoms with Crippen LogP contribution in [0.25, 0.3) is 0 Å². The van der Waals surface area contributed by atoms with Gasteiger partial charge in [0.05, 0.1) is 19.9 Å². The quantitative estimate of drug-likeness (QED) is 0.766. The molecule has 1 heterocycles. The van der Waals surface area contributed by atoms with Gasteiger partial charge < -0.3 is 9.64 Å². The van der Waals surface area contributed by atoms with Gasteiger partial charge in [0, 0.05) is 12.2 Å². The van der Waals surface area contributed by atoms with E-state index >= 15 is 0 Å². The number of anilines is 1. The van der Waals surface area contributed by atoms with Gasteiger partial charge in [0.2, 0.25) is 15.9 Å². The van der Waals surface area contributed by atoms with Gasteiger partial charge in [0.15, 0.2) is 0 Å². The Morgan fingerprint density at radius 3 is 2.32 bits per heavy atom. The molecule has 0 saturated carbocycles. The number of rotatable bonds is 7. The Kier molecular flexibility index (Phi) is 5.90. The topological polar surface area (TPSA) is 79.0 Å². The largest absolute Gasteiger partial charge is 0.497 e. The fourth-order valence-electron chi connectivity index (χ4n) is 3.43.